The smallest absolute Gasteiger partial charge is 0.410 e. The fraction of sp³-hybridized carbons (Fsp3) is 0.647. The minimum absolute atomic E-state index is 0.207. The van der Waals surface area contributed by atoms with Gasteiger partial charge in [-0.25, -0.2) is 9.78 Å². The van der Waals surface area contributed by atoms with Crippen molar-refractivity contribution in [3.05, 3.63) is 23.0 Å². The van der Waals surface area contributed by atoms with Gasteiger partial charge < -0.3 is 15.0 Å². The number of likely N-dealkylation sites (tertiary alicyclic amines) is 1. The Hall–Kier alpha value is -1.49. The van der Waals surface area contributed by atoms with Crippen molar-refractivity contribution < 1.29 is 9.53 Å². The van der Waals surface area contributed by atoms with Gasteiger partial charge >= 0.3 is 6.09 Å². The highest BCUT2D eigenvalue weighted by Gasteiger charge is 2.26. The summed E-state index contributed by atoms with van der Waals surface area (Å²) in [5.74, 6) is 0.546. The van der Waals surface area contributed by atoms with E-state index in [1.807, 2.05) is 33.8 Å². The molecular weight excluding hydrogens is 314 g/mol. The van der Waals surface area contributed by atoms with Crippen LogP contribution in [-0.4, -0.2) is 41.2 Å². The molecule has 0 saturated carbocycles. The molecule has 0 unspecified atom stereocenters. The first-order valence-corrected chi connectivity index (χ1v) is 8.46. The second kappa shape index (κ2) is 7.39. The molecule has 1 amide bonds. The minimum Gasteiger partial charge on any atom is -0.444 e. The molecule has 6 heteroatoms. The van der Waals surface area contributed by atoms with Crippen LogP contribution in [0.3, 0.4) is 0 Å². The van der Waals surface area contributed by atoms with Crippen molar-refractivity contribution >= 4 is 23.4 Å². The average molecular weight is 340 g/mol. The largest absolute Gasteiger partial charge is 0.444 e. The number of hydrogen-bond donors (Lipinski definition) is 1. The SMILES string of the molecule is Cc1cc(NCC2CCN(C(=O)OC(C)(C)C)CC2)cnc1Cl. The van der Waals surface area contributed by atoms with Gasteiger partial charge in [-0.3, -0.25) is 0 Å². The Bertz CT molecular complexity index is 549. The molecule has 2 heterocycles. The van der Waals surface area contributed by atoms with Crippen LogP contribution in [0, 0.1) is 12.8 Å². The van der Waals surface area contributed by atoms with Gasteiger partial charge in [-0.05, 0) is 58.1 Å². The van der Waals surface area contributed by atoms with Crippen molar-refractivity contribution in [1.29, 1.82) is 0 Å². The zero-order valence-corrected chi connectivity index (χ0v) is 15.1. The number of hydrogen-bond acceptors (Lipinski definition) is 4. The second-order valence-corrected chi connectivity index (χ2v) is 7.48. The Labute approximate surface area is 143 Å². The number of aromatic nitrogens is 1. The van der Waals surface area contributed by atoms with Gasteiger partial charge in [0.25, 0.3) is 0 Å². The molecule has 1 aromatic rings. The van der Waals surface area contributed by atoms with Crippen molar-refractivity contribution in [3.63, 3.8) is 0 Å². The summed E-state index contributed by atoms with van der Waals surface area (Å²) in [5.41, 5.74) is 1.52. The molecule has 0 aliphatic carbocycles. The molecule has 1 N–H and O–H groups in total. The predicted molar refractivity (Wildman–Crippen MR) is 93.0 cm³/mol. The van der Waals surface area contributed by atoms with Gasteiger partial charge in [0.05, 0.1) is 11.9 Å². The number of halogens is 1. The number of aryl methyl sites for hydroxylation is 1. The zero-order valence-electron chi connectivity index (χ0n) is 14.4. The number of ether oxygens (including phenoxy) is 1. The summed E-state index contributed by atoms with van der Waals surface area (Å²) in [5, 5.41) is 3.95. The van der Waals surface area contributed by atoms with E-state index in [0.29, 0.717) is 11.1 Å². The van der Waals surface area contributed by atoms with Crippen molar-refractivity contribution in [3.8, 4) is 0 Å². The standard InChI is InChI=1S/C17H26ClN3O2/c1-12-9-14(11-20-15(12)18)19-10-13-5-7-21(8-6-13)16(22)23-17(2,3)4/h9,11,13,19H,5-8,10H2,1-4H3. The van der Waals surface area contributed by atoms with Crippen molar-refractivity contribution in [2.24, 2.45) is 5.92 Å². The number of nitrogens with zero attached hydrogens (tertiary/aromatic N) is 2. The van der Waals surface area contributed by atoms with Crippen LogP contribution in [0.4, 0.5) is 10.5 Å². The highest BCUT2D eigenvalue weighted by Crippen LogP contribution is 2.21. The van der Waals surface area contributed by atoms with Crippen LogP contribution in [0.15, 0.2) is 12.3 Å². The van der Waals surface area contributed by atoms with Gasteiger partial charge in [0.1, 0.15) is 10.8 Å². The van der Waals surface area contributed by atoms with Gasteiger partial charge in [0, 0.05) is 19.6 Å². The zero-order chi connectivity index (χ0) is 17.0. The summed E-state index contributed by atoms with van der Waals surface area (Å²) >= 11 is 5.93. The molecule has 0 bridgehead atoms. The van der Waals surface area contributed by atoms with E-state index in [1.165, 1.54) is 0 Å². The van der Waals surface area contributed by atoms with Crippen LogP contribution < -0.4 is 5.32 Å². The van der Waals surface area contributed by atoms with Crippen LogP contribution in [0.25, 0.3) is 0 Å². The van der Waals surface area contributed by atoms with Crippen LogP contribution in [0.1, 0.15) is 39.2 Å². The summed E-state index contributed by atoms with van der Waals surface area (Å²) in [4.78, 5) is 18.0. The Kier molecular flexibility index (Phi) is 5.74. The van der Waals surface area contributed by atoms with Gasteiger partial charge in [-0.2, -0.15) is 0 Å². The van der Waals surface area contributed by atoms with E-state index in [-0.39, 0.29) is 6.09 Å². The van der Waals surface area contributed by atoms with E-state index >= 15 is 0 Å². The highest BCUT2D eigenvalue weighted by atomic mass is 35.5. The lowest BCUT2D eigenvalue weighted by atomic mass is 9.97. The number of nitrogens with one attached hydrogen (secondary N) is 1. The monoisotopic (exact) mass is 339 g/mol. The molecule has 128 valence electrons. The van der Waals surface area contributed by atoms with Gasteiger partial charge in [-0.15, -0.1) is 0 Å². The Morgan fingerprint density at radius 1 is 1.43 bits per heavy atom. The third kappa shape index (κ3) is 5.57. The fourth-order valence-electron chi connectivity index (χ4n) is 2.56. The van der Waals surface area contributed by atoms with E-state index in [2.05, 4.69) is 10.3 Å². The summed E-state index contributed by atoms with van der Waals surface area (Å²) < 4.78 is 5.42. The molecule has 1 aliphatic heterocycles. The highest BCUT2D eigenvalue weighted by molar-refractivity contribution is 6.30. The average Bonchev–Trinajstić information content (AvgIpc) is 2.47. The second-order valence-electron chi connectivity index (χ2n) is 7.12. The quantitative estimate of drug-likeness (QED) is 0.842. The lowest BCUT2D eigenvalue weighted by Crippen LogP contribution is -2.42. The fourth-order valence-corrected chi connectivity index (χ4v) is 2.67. The van der Waals surface area contributed by atoms with Crippen molar-refractivity contribution in [2.75, 3.05) is 25.0 Å². The summed E-state index contributed by atoms with van der Waals surface area (Å²) in [6.45, 7) is 10.0. The number of carbonyl (C=O) groups excluding carboxylic acids is 1. The third-order valence-corrected chi connectivity index (χ3v) is 4.27. The molecule has 2 rings (SSSR count). The Balaban J connectivity index is 1.76. The molecule has 0 aromatic carbocycles. The van der Waals surface area contributed by atoms with Crippen LogP contribution in [0.2, 0.25) is 5.15 Å². The molecule has 5 nitrogen and oxygen atoms in total. The lowest BCUT2D eigenvalue weighted by Gasteiger charge is -2.33. The molecule has 1 aliphatic rings. The molecule has 23 heavy (non-hydrogen) atoms. The predicted octanol–water partition coefficient (Wildman–Crippen LogP) is 4.10. The summed E-state index contributed by atoms with van der Waals surface area (Å²) in [6.07, 6.45) is 3.50. The molecule has 1 aromatic heterocycles. The summed E-state index contributed by atoms with van der Waals surface area (Å²) in [7, 11) is 0. The number of amides is 1. The lowest BCUT2D eigenvalue weighted by molar-refractivity contribution is 0.0188. The maximum Gasteiger partial charge on any atom is 0.410 e. The number of piperidine rings is 1. The van der Waals surface area contributed by atoms with Crippen molar-refractivity contribution in [1.82, 2.24) is 9.88 Å². The maximum absolute atomic E-state index is 12.0. The van der Waals surface area contributed by atoms with Crippen molar-refractivity contribution in [2.45, 2.75) is 46.1 Å². The first kappa shape index (κ1) is 17.9. The number of carbonyl (C=O) groups is 1. The third-order valence-electron chi connectivity index (χ3n) is 3.88. The molecule has 1 fully saturated rings. The Morgan fingerprint density at radius 2 is 2.09 bits per heavy atom. The Morgan fingerprint density at radius 3 is 2.65 bits per heavy atom. The topological polar surface area (TPSA) is 54.5 Å². The first-order valence-electron chi connectivity index (χ1n) is 8.08. The molecule has 1 saturated heterocycles. The van der Waals surface area contributed by atoms with E-state index in [0.717, 1.165) is 43.7 Å². The number of anilines is 1. The van der Waals surface area contributed by atoms with E-state index in [9.17, 15) is 4.79 Å². The molecule has 0 atom stereocenters. The minimum atomic E-state index is -0.436. The van der Waals surface area contributed by atoms with Gasteiger partial charge in [0.15, 0.2) is 0 Å². The van der Waals surface area contributed by atoms with Crippen LogP contribution >= 0.6 is 11.6 Å². The normalized spacial score (nSPS) is 16.3. The van der Waals surface area contributed by atoms with E-state index < -0.39 is 5.60 Å². The first-order chi connectivity index (χ1) is 10.7. The van der Waals surface area contributed by atoms with E-state index in [4.69, 9.17) is 16.3 Å². The number of rotatable bonds is 3. The van der Waals surface area contributed by atoms with Crippen LogP contribution in [0.5, 0.6) is 0 Å². The summed E-state index contributed by atoms with van der Waals surface area (Å²) in [6, 6.07) is 2.01. The number of pyridine rings is 1. The van der Waals surface area contributed by atoms with E-state index in [1.54, 1.807) is 11.1 Å². The molecule has 0 spiro atoms. The maximum atomic E-state index is 12.0. The van der Waals surface area contributed by atoms with Crippen LogP contribution in [-0.2, 0) is 4.74 Å². The molecule has 0 radical (unpaired) electrons. The van der Waals surface area contributed by atoms with Gasteiger partial charge in [-0.1, -0.05) is 11.6 Å². The molecular formula is C17H26ClN3O2. The van der Waals surface area contributed by atoms with Gasteiger partial charge in [0.2, 0.25) is 0 Å².